The van der Waals surface area contributed by atoms with Crippen LogP contribution >= 0.6 is 11.3 Å². The SMILES string of the molecule is Cc1cc(C(C)n2c(N)nc3cc(F)c(C)cc32)c(C)s1. The molecular formula is C16H18FN3S. The molecule has 0 bridgehead atoms. The van der Waals surface area contributed by atoms with E-state index >= 15 is 0 Å². The van der Waals surface area contributed by atoms with E-state index in [9.17, 15) is 4.39 Å². The summed E-state index contributed by atoms with van der Waals surface area (Å²) in [6.45, 7) is 8.07. The van der Waals surface area contributed by atoms with Crippen molar-refractivity contribution >= 4 is 28.3 Å². The molecule has 1 atom stereocenters. The first kappa shape index (κ1) is 14.1. The number of halogens is 1. The van der Waals surface area contributed by atoms with Crippen LogP contribution in [0.25, 0.3) is 11.0 Å². The van der Waals surface area contributed by atoms with E-state index in [2.05, 4.69) is 31.8 Å². The van der Waals surface area contributed by atoms with Crippen LogP contribution in [0.1, 0.15) is 33.8 Å². The van der Waals surface area contributed by atoms with Crippen molar-refractivity contribution in [2.75, 3.05) is 5.73 Å². The third-order valence-corrected chi connectivity index (χ3v) is 4.90. The molecule has 0 amide bonds. The lowest BCUT2D eigenvalue weighted by atomic mass is 10.1. The largest absolute Gasteiger partial charge is 0.369 e. The van der Waals surface area contributed by atoms with Gasteiger partial charge in [0.1, 0.15) is 5.82 Å². The Morgan fingerprint density at radius 3 is 2.57 bits per heavy atom. The lowest BCUT2D eigenvalue weighted by Gasteiger charge is -2.16. The minimum Gasteiger partial charge on any atom is -0.369 e. The zero-order chi connectivity index (χ0) is 15.3. The molecule has 3 rings (SSSR count). The number of rotatable bonds is 2. The number of thiophene rings is 1. The van der Waals surface area contributed by atoms with E-state index in [0.29, 0.717) is 17.0 Å². The van der Waals surface area contributed by atoms with E-state index < -0.39 is 0 Å². The van der Waals surface area contributed by atoms with Gasteiger partial charge >= 0.3 is 0 Å². The minimum atomic E-state index is -0.248. The van der Waals surface area contributed by atoms with E-state index in [1.54, 1.807) is 18.3 Å². The van der Waals surface area contributed by atoms with Gasteiger partial charge in [-0.05, 0) is 51.0 Å². The highest BCUT2D eigenvalue weighted by Crippen LogP contribution is 2.33. The number of nitrogens with zero attached hydrogens (tertiary/aromatic N) is 2. The first-order valence-corrected chi connectivity index (χ1v) is 7.70. The van der Waals surface area contributed by atoms with E-state index in [1.807, 2.05) is 10.6 Å². The van der Waals surface area contributed by atoms with E-state index in [-0.39, 0.29) is 11.9 Å². The monoisotopic (exact) mass is 303 g/mol. The van der Waals surface area contributed by atoms with E-state index in [4.69, 9.17) is 5.73 Å². The number of fused-ring (bicyclic) bond motifs is 1. The third-order valence-electron chi connectivity index (χ3n) is 3.91. The Balaban J connectivity index is 2.22. The minimum absolute atomic E-state index is 0.0739. The smallest absolute Gasteiger partial charge is 0.201 e. The molecule has 2 N–H and O–H groups in total. The van der Waals surface area contributed by atoms with Crippen LogP contribution in [0.15, 0.2) is 18.2 Å². The summed E-state index contributed by atoms with van der Waals surface area (Å²) in [5.74, 6) is 0.174. The summed E-state index contributed by atoms with van der Waals surface area (Å²) in [6, 6.07) is 5.53. The van der Waals surface area contributed by atoms with Crippen LogP contribution < -0.4 is 5.73 Å². The Morgan fingerprint density at radius 2 is 1.95 bits per heavy atom. The maximum atomic E-state index is 13.7. The molecule has 3 aromatic rings. The third kappa shape index (κ3) is 2.21. The second-order valence-electron chi connectivity index (χ2n) is 5.47. The van der Waals surface area contributed by atoms with Gasteiger partial charge in [0.15, 0.2) is 0 Å². The molecule has 2 aromatic heterocycles. The van der Waals surface area contributed by atoms with Crippen LogP contribution in [-0.4, -0.2) is 9.55 Å². The number of nitrogens with two attached hydrogens (primary N) is 1. The summed E-state index contributed by atoms with van der Waals surface area (Å²) < 4.78 is 15.7. The summed E-state index contributed by atoms with van der Waals surface area (Å²) in [6.07, 6.45) is 0. The quantitative estimate of drug-likeness (QED) is 0.764. The van der Waals surface area contributed by atoms with Gasteiger partial charge in [-0.3, -0.25) is 0 Å². The average molecular weight is 303 g/mol. The van der Waals surface area contributed by atoms with Gasteiger partial charge in [0.05, 0.1) is 17.1 Å². The molecule has 0 aliphatic carbocycles. The zero-order valence-electron chi connectivity index (χ0n) is 12.6. The van der Waals surface area contributed by atoms with Gasteiger partial charge in [-0.2, -0.15) is 0 Å². The topological polar surface area (TPSA) is 43.8 Å². The molecule has 0 spiro atoms. The van der Waals surface area contributed by atoms with Crippen LogP contribution in [-0.2, 0) is 0 Å². The molecule has 0 radical (unpaired) electrons. The summed E-state index contributed by atoms with van der Waals surface area (Å²) in [5, 5.41) is 0. The Hall–Kier alpha value is -1.88. The second kappa shape index (κ2) is 4.84. The number of aromatic nitrogens is 2. The lowest BCUT2D eigenvalue weighted by molar-refractivity contribution is 0.619. The summed E-state index contributed by atoms with van der Waals surface area (Å²) in [4.78, 5) is 6.86. The van der Waals surface area contributed by atoms with Crippen molar-refractivity contribution in [2.24, 2.45) is 0 Å². The molecule has 21 heavy (non-hydrogen) atoms. The molecule has 3 nitrogen and oxygen atoms in total. The summed E-state index contributed by atoms with van der Waals surface area (Å²) in [5.41, 5.74) is 9.41. The van der Waals surface area contributed by atoms with Crippen molar-refractivity contribution < 1.29 is 4.39 Å². The van der Waals surface area contributed by atoms with Crippen LogP contribution in [0.5, 0.6) is 0 Å². The predicted molar refractivity (Wildman–Crippen MR) is 86.4 cm³/mol. The number of anilines is 1. The number of nitrogen functional groups attached to an aromatic ring is 1. The normalized spacial score (nSPS) is 13.0. The van der Waals surface area contributed by atoms with Gasteiger partial charge in [0, 0.05) is 15.8 Å². The predicted octanol–water partition coefficient (Wildman–Crippen LogP) is 4.35. The highest BCUT2D eigenvalue weighted by molar-refractivity contribution is 7.12. The molecule has 0 fully saturated rings. The Kier molecular flexibility index (Phi) is 3.24. The molecule has 0 aliphatic rings. The van der Waals surface area contributed by atoms with Crippen molar-refractivity contribution in [1.29, 1.82) is 0 Å². The Bertz CT molecular complexity index is 832. The number of hydrogen-bond donors (Lipinski definition) is 1. The van der Waals surface area contributed by atoms with Crippen molar-refractivity contribution in [3.63, 3.8) is 0 Å². The Morgan fingerprint density at radius 1 is 1.24 bits per heavy atom. The first-order chi connectivity index (χ1) is 9.88. The van der Waals surface area contributed by atoms with Gasteiger partial charge in [0.25, 0.3) is 0 Å². The van der Waals surface area contributed by atoms with Crippen LogP contribution in [0.2, 0.25) is 0 Å². The van der Waals surface area contributed by atoms with Crippen molar-refractivity contribution in [1.82, 2.24) is 9.55 Å². The van der Waals surface area contributed by atoms with Crippen LogP contribution in [0.3, 0.4) is 0 Å². The molecular weight excluding hydrogens is 285 g/mol. The molecule has 0 saturated carbocycles. The van der Waals surface area contributed by atoms with E-state index in [0.717, 1.165) is 5.52 Å². The van der Waals surface area contributed by atoms with Gasteiger partial charge in [0.2, 0.25) is 5.95 Å². The van der Waals surface area contributed by atoms with Gasteiger partial charge in [-0.25, -0.2) is 9.37 Å². The van der Waals surface area contributed by atoms with Crippen molar-refractivity contribution in [2.45, 2.75) is 33.7 Å². The molecule has 2 heterocycles. The van der Waals surface area contributed by atoms with Crippen LogP contribution in [0.4, 0.5) is 10.3 Å². The molecule has 0 saturated heterocycles. The standard InChI is InChI=1S/C16H18FN3S/c1-8-5-15-14(7-13(8)17)19-16(18)20(15)10(3)12-6-9(2)21-11(12)4/h5-7,10H,1-4H3,(H2,18,19). The number of hydrogen-bond acceptors (Lipinski definition) is 3. The molecule has 5 heteroatoms. The molecule has 1 unspecified atom stereocenters. The maximum Gasteiger partial charge on any atom is 0.201 e. The van der Waals surface area contributed by atoms with Crippen LogP contribution in [0, 0.1) is 26.6 Å². The molecule has 110 valence electrons. The summed E-state index contributed by atoms with van der Waals surface area (Å²) in [7, 11) is 0. The molecule has 0 aliphatic heterocycles. The van der Waals surface area contributed by atoms with E-state index in [1.165, 1.54) is 21.4 Å². The summed E-state index contributed by atoms with van der Waals surface area (Å²) >= 11 is 1.78. The second-order valence-corrected chi connectivity index (χ2v) is 6.94. The highest BCUT2D eigenvalue weighted by atomic mass is 32.1. The fourth-order valence-corrected chi connectivity index (χ4v) is 3.87. The number of aryl methyl sites for hydroxylation is 3. The van der Waals surface area contributed by atoms with Gasteiger partial charge in [-0.1, -0.05) is 0 Å². The maximum absolute atomic E-state index is 13.7. The molecule has 1 aromatic carbocycles. The zero-order valence-corrected chi connectivity index (χ0v) is 13.4. The number of imidazole rings is 1. The first-order valence-electron chi connectivity index (χ1n) is 6.89. The fraction of sp³-hybridized carbons (Fsp3) is 0.312. The Labute approximate surface area is 127 Å². The highest BCUT2D eigenvalue weighted by Gasteiger charge is 2.19. The average Bonchev–Trinajstić information content (AvgIpc) is 2.89. The lowest BCUT2D eigenvalue weighted by Crippen LogP contribution is -2.10. The van der Waals surface area contributed by atoms with Gasteiger partial charge < -0.3 is 10.3 Å². The van der Waals surface area contributed by atoms with Gasteiger partial charge in [-0.15, -0.1) is 11.3 Å². The van der Waals surface area contributed by atoms with Crippen molar-refractivity contribution in [3.05, 3.63) is 44.9 Å². The van der Waals surface area contributed by atoms with Crippen molar-refractivity contribution in [3.8, 4) is 0 Å². The fourth-order valence-electron chi connectivity index (χ4n) is 2.85. The number of benzene rings is 1.